The van der Waals surface area contributed by atoms with Crippen LogP contribution in [-0.2, 0) is 0 Å². The van der Waals surface area contributed by atoms with E-state index in [2.05, 4.69) is 11.9 Å². The molecule has 2 heteroatoms. The summed E-state index contributed by atoms with van der Waals surface area (Å²) in [5, 5.41) is 0.0596. The molecule has 0 N–H and O–H groups in total. The zero-order valence-electron chi connectivity index (χ0n) is 9.97. The summed E-state index contributed by atoms with van der Waals surface area (Å²) in [4.78, 5) is 4.15. The Hall–Kier alpha value is 0.0200. The van der Waals surface area contributed by atoms with Crippen LogP contribution in [0.1, 0.15) is 44.6 Å². The first kappa shape index (κ1) is 5.63. The molecule has 0 saturated carbocycles. The third-order valence-corrected chi connectivity index (χ3v) is 3.01. The largest absolute Gasteiger partial charge is 0.276 e. The maximum atomic E-state index is 7.53. The standard InChI is InChI=1S/C9H17NS/c1-5-6-9(4)10-7(2)8(3)11-9/h8H,5-6H2,1-4H3/i2D,3D,4D. The maximum Gasteiger partial charge on any atom is 0.103 e. The fraction of sp³-hybridized carbons (Fsp3) is 0.889. The Morgan fingerprint density at radius 1 is 1.82 bits per heavy atom. The molecule has 0 aliphatic carbocycles. The zero-order valence-corrected chi connectivity index (χ0v) is 7.78. The van der Waals surface area contributed by atoms with E-state index in [0.717, 1.165) is 18.6 Å². The smallest absolute Gasteiger partial charge is 0.103 e. The molecule has 1 nitrogen and oxygen atoms in total. The number of hydrogen-bond acceptors (Lipinski definition) is 2. The van der Waals surface area contributed by atoms with Gasteiger partial charge in [-0.1, -0.05) is 13.3 Å². The minimum atomic E-state index is -0.336. The number of aliphatic imine (C=N–C) groups is 1. The van der Waals surface area contributed by atoms with Crippen LogP contribution in [0.5, 0.6) is 0 Å². The fourth-order valence-corrected chi connectivity index (χ4v) is 2.41. The van der Waals surface area contributed by atoms with Crippen LogP contribution >= 0.6 is 11.8 Å². The van der Waals surface area contributed by atoms with Crippen molar-refractivity contribution in [1.29, 1.82) is 0 Å². The molecule has 1 aliphatic heterocycles. The number of hydrogen-bond donors (Lipinski definition) is 0. The molecular weight excluding hydrogens is 154 g/mol. The second kappa shape index (κ2) is 3.18. The molecule has 1 heterocycles. The van der Waals surface area contributed by atoms with Gasteiger partial charge in [-0.15, -0.1) is 11.8 Å². The summed E-state index contributed by atoms with van der Waals surface area (Å²) in [7, 11) is 0. The fourth-order valence-electron chi connectivity index (χ4n) is 1.20. The van der Waals surface area contributed by atoms with Crippen molar-refractivity contribution in [3.05, 3.63) is 0 Å². The van der Waals surface area contributed by atoms with E-state index >= 15 is 0 Å². The Bertz CT molecular complexity index is 222. The van der Waals surface area contributed by atoms with Gasteiger partial charge in [-0.25, -0.2) is 0 Å². The first-order valence-electron chi connectivity index (χ1n) is 5.97. The summed E-state index contributed by atoms with van der Waals surface area (Å²) in [5.41, 5.74) is 0.811. The lowest BCUT2D eigenvalue weighted by Gasteiger charge is -2.19. The van der Waals surface area contributed by atoms with Crippen molar-refractivity contribution in [2.45, 2.75) is 50.6 Å². The predicted molar refractivity (Wildman–Crippen MR) is 53.5 cm³/mol. The van der Waals surface area contributed by atoms with Crippen molar-refractivity contribution in [3.8, 4) is 0 Å². The third kappa shape index (κ3) is 1.98. The number of thioether (sulfide) groups is 1. The molecule has 0 fully saturated rings. The van der Waals surface area contributed by atoms with Crippen molar-refractivity contribution in [2.75, 3.05) is 0 Å². The van der Waals surface area contributed by atoms with Gasteiger partial charge in [0.05, 0.1) is 0 Å². The van der Waals surface area contributed by atoms with E-state index in [4.69, 9.17) is 4.11 Å². The van der Waals surface area contributed by atoms with Gasteiger partial charge in [-0.2, -0.15) is 0 Å². The molecular formula is C9H17NS. The van der Waals surface area contributed by atoms with Crippen molar-refractivity contribution in [2.24, 2.45) is 4.99 Å². The average Bonchev–Trinajstić information content (AvgIpc) is 2.58. The monoisotopic (exact) mass is 174 g/mol. The van der Waals surface area contributed by atoms with Crippen LogP contribution in [0.2, 0.25) is 0 Å². The Kier molecular flexibility index (Phi) is 1.63. The molecule has 1 aliphatic rings. The molecule has 0 radical (unpaired) electrons. The molecule has 0 bridgehead atoms. The second-order valence-corrected chi connectivity index (χ2v) is 4.47. The Morgan fingerprint density at radius 2 is 2.73 bits per heavy atom. The first-order valence-corrected chi connectivity index (χ1v) is 4.73. The molecule has 1 rings (SSSR count). The molecule has 0 aromatic carbocycles. The first-order chi connectivity index (χ1) is 6.71. The van der Waals surface area contributed by atoms with E-state index in [1.165, 1.54) is 0 Å². The molecule has 0 aromatic rings. The second-order valence-electron chi connectivity index (χ2n) is 2.91. The Morgan fingerprint density at radius 3 is 3.18 bits per heavy atom. The van der Waals surface area contributed by atoms with E-state index in [1.807, 2.05) is 0 Å². The predicted octanol–water partition coefficient (Wildman–Crippen LogP) is 3.10. The van der Waals surface area contributed by atoms with Crippen LogP contribution in [0.3, 0.4) is 0 Å². The normalized spacial score (nSPS) is 41.0. The van der Waals surface area contributed by atoms with Crippen molar-refractivity contribution < 1.29 is 4.11 Å². The highest BCUT2D eigenvalue weighted by atomic mass is 32.2. The van der Waals surface area contributed by atoms with E-state index in [1.54, 1.807) is 11.8 Å². The quantitative estimate of drug-likeness (QED) is 0.626. The molecule has 11 heavy (non-hydrogen) atoms. The lowest BCUT2D eigenvalue weighted by atomic mass is 10.2. The van der Waals surface area contributed by atoms with Crippen LogP contribution in [0.15, 0.2) is 4.99 Å². The van der Waals surface area contributed by atoms with Crippen molar-refractivity contribution >= 4 is 17.5 Å². The highest BCUT2D eigenvalue weighted by Crippen LogP contribution is 2.40. The van der Waals surface area contributed by atoms with Crippen molar-refractivity contribution in [3.63, 3.8) is 0 Å². The van der Waals surface area contributed by atoms with Gasteiger partial charge in [0.1, 0.15) is 4.87 Å². The van der Waals surface area contributed by atoms with Gasteiger partial charge >= 0.3 is 0 Å². The minimum Gasteiger partial charge on any atom is -0.276 e. The molecule has 0 amide bonds. The number of nitrogens with zero attached hydrogens (tertiary/aromatic N) is 1. The SMILES string of the molecule is [2H]CC1=NC(C[2H])(CCC)SC1C[2H]. The lowest BCUT2D eigenvalue weighted by molar-refractivity contribution is 0.609. The van der Waals surface area contributed by atoms with Crippen LogP contribution < -0.4 is 0 Å². The summed E-state index contributed by atoms with van der Waals surface area (Å²) in [6, 6.07) is 0. The van der Waals surface area contributed by atoms with Gasteiger partial charge in [0.2, 0.25) is 0 Å². The third-order valence-electron chi connectivity index (χ3n) is 1.72. The molecule has 2 atom stereocenters. The van der Waals surface area contributed by atoms with Crippen LogP contribution in [0.4, 0.5) is 0 Å². The zero-order chi connectivity index (χ0) is 10.6. The topological polar surface area (TPSA) is 12.4 Å². The van der Waals surface area contributed by atoms with Gasteiger partial charge in [0, 0.05) is 15.1 Å². The van der Waals surface area contributed by atoms with E-state index < -0.39 is 0 Å². The van der Waals surface area contributed by atoms with Gasteiger partial charge in [-0.05, 0) is 27.1 Å². The minimum absolute atomic E-state index is 0.0596. The number of rotatable bonds is 2. The van der Waals surface area contributed by atoms with E-state index in [0.29, 0.717) is 0 Å². The average molecular weight is 174 g/mol. The van der Waals surface area contributed by atoms with Crippen LogP contribution in [0.25, 0.3) is 0 Å². The molecule has 0 aromatic heterocycles. The van der Waals surface area contributed by atoms with Crippen LogP contribution in [0, 0.1) is 0 Å². The van der Waals surface area contributed by atoms with Gasteiger partial charge in [-0.3, -0.25) is 4.99 Å². The molecule has 64 valence electrons. The summed E-state index contributed by atoms with van der Waals surface area (Å²) in [6.45, 7) is 2.82. The molecule has 2 unspecified atom stereocenters. The molecule has 0 spiro atoms. The van der Waals surface area contributed by atoms with Crippen molar-refractivity contribution in [1.82, 2.24) is 0 Å². The summed E-state index contributed by atoms with van der Waals surface area (Å²) >= 11 is 1.62. The van der Waals surface area contributed by atoms with Gasteiger partial charge in [0.25, 0.3) is 0 Å². The maximum absolute atomic E-state index is 7.53. The Labute approximate surface area is 77.9 Å². The lowest BCUT2D eigenvalue weighted by Crippen LogP contribution is -2.13. The Balaban J connectivity index is 2.78. The highest BCUT2D eigenvalue weighted by Gasteiger charge is 2.32. The summed E-state index contributed by atoms with van der Waals surface area (Å²) in [6.07, 6.45) is 1.90. The van der Waals surface area contributed by atoms with Gasteiger partial charge < -0.3 is 0 Å². The molecule has 0 saturated heterocycles. The summed E-state index contributed by atoms with van der Waals surface area (Å²) in [5.74, 6) is 0. The van der Waals surface area contributed by atoms with E-state index in [-0.39, 0.29) is 30.8 Å². The van der Waals surface area contributed by atoms with Gasteiger partial charge in [0.15, 0.2) is 0 Å². The highest BCUT2D eigenvalue weighted by molar-refractivity contribution is 8.02. The van der Waals surface area contributed by atoms with E-state index in [9.17, 15) is 0 Å². The summed E-state index contributed by atoms with van der Waals surface area (Å²) < 4.78 is 22.2. The van der Waals surface area contributed by atoms with Crippen LogP contribution in [-0.4, -0.2) is 15.8 Å².